The quantitative estimate of drug-likeness (QED) is 0.187. The molecule has 0 saturated carbocycles. The Labute approximate surface area is 194 Å². The molecule has 0 N–H and O–H groups in total. The second-order valence-corrected chi connectivity index (χ2v) is 8.45. The highest BCUT2D eigenvalue weighted by Gasteiger charge is 2.26. The third-order valence-electron chi connectivity index (χ3n) is 4.95. The van der Waals surface area contributed by atoms with Crippen molar-refractivity contribution in [2.45, 2.75) is 23.9 Å². The van der Waals surface area contributed by atoms with Crippen LogP contribution in [0.1, 0.15) is 22.2 Å². The SMILES string of the molecule is Cc1nnc(S[C@@H](C[N+](=O)[O-])c2ccccc2OCc2ccc(F)cc2)n1-c1ccccc1. The minimum atomic E-state index is -0.560. The molecule has 4 rings (SSSR count). The Morgan fingerprint density at radius 1 is 1.03 bits per heavy atom. The summed E-state index contributed by atoms with van der Waals surface area (Å²) in [6.07, 6.45) is 0. The number of ether oxygens (including phenoxy) is 1. The highest BCUT2D eigenvalue weighted by Crippen LogP contribution is 2.40. The van der Waals surface area contributed by atoms with Crippen LogP contribution in [0.3, 0.4) is 0 Å². The Hall–Kier alpha value is -3.72. The lowest BCUT2D eigenvalue weighted by atomic mass is 10.1. The first-order chi connectivity index (χ1) is 16.0. The van der Waals surface area contributed by atoms with Crippen LogP contribution >= 0.6 is 11.8 Å². The molecular weight excluding hydrogens is 443 g/mol. The highest BCUT2D eigenvalue weighted by atomic mass is 32.2. The van der Waals surface area contributed by atoms with Gasteiger partial charge in [0.1, 0.15) is 29.2 Å². The molecule has 0 aliphatic heterocycles. The zero-order chi connectivity index (χ0) is 23.2. The molecule has 0 radical (unpaired) electrons. The monoisotopic (exact) mass is 464 g/mol. The van der Waals surface area contributed by atoms with Crippen LogP contribution in [0.5, 0.6) is 5.75 Å². The molecule has 0 unspecified atom stereocenters. The predicted molar refractivity (Wildman–Crippen MR) is 124 cm³/mol. The van der Waals surface area contributed by atoms with E-state index in [1.807, 2.05) is 60.0 Å². The number of para-hydroxylation sites is 2. The van der Waals surface area contributed by atoms with Crippen molar-refractivity contribution >= 4 is 11.8 Å². The lowest BCUT2D eigenvalue weighted by molar-refractivity contribution is -0.479. The molecule has 9 heteroatoms. The molecule has 3 aromatic carbocycles. The van der Waals surface area contributed by atoms with Gasteiger partial charge in [-0.2, -0.15) is 0 Å². The van der Waals surface area contributed by atoms with E-state index in [4.69, 9.17) is 4.74 Å². The number of halogens is 1. The Morgan fingerprint density at radius 3 is 2.45 bits per heavy atom. The molecule has 7 nitrogen and oxygen atoms in total. The van der Waals surface area contributed by atoms with E-state index in [-0.39, 0.29) is 23.9 Å². The van der Waals surface area contributed by atoms with Gasteiger partial charge in [0.05, 0.1) is 0 Å². The van der Waals surface area contributed by atoms with Crippen molar-refractivity contribution in [2.75, 3.05) is 6.54 Å². The number of hydrogen-bond acceptors (Lipinski definition) is 6. The van der Waals surface area contributed by atoms with Crippen LogP contribution < -0.4 is 4.74 Å². The van der Waals surface area contributed by atoms with Gasteiger partial charge in [-0.15, -0.1) is 10.2 Å². The molecule has 0 bridgehead atoms. The summed E-state index contributed by atoms with van der Waals surface area (Å²) in [5.74, 6) is 0.896. The number of thioether (sulfide) groups is 1. The molecule has 33 heavy (non-hydrogen) atoms. The molecule has 168 valence electrons. The summed E-state index contributed by atoms with van der Waals surface area (Å²) in [7, 11) is 0. The van der Waals surface area contributed by atoms with Gasteiger partial charge in [-0.3, -0.25) is 14.7 Å². The van der Waals surface area contributed by atoms with Crippen LogP contribution in [0.4, 0.5) is 4.39 Å². The highest BCUT2D eigenvalue weighted by molar-refractivity contribution is 7.99. The van der Waals surface area contributed by atoms with E-state index in [1.165, 1.54) is 23.9 Å². The zero-order valence-corrected chi connectivity index (χ0v) is 18.6. The molecule has 1 aromatic heterocycles. The van der Waals surface area contributed by atoms with Gasteiger partial charge in [0.25, 0.3) is 0 Å². The molecule has 1 atom stereocenters. The molecule has 0 saturated heterocycles. The average Bonchev–Trinajstić information content (AvgIpc) is 3.18. The van der Waals surface area contributed by atoms with E-state index < -0.39 is 5.25 Å². The standard InChI is InChI=1S/C24H21FN4O3S/c1-17-26-27-24(29(17)20-7-3-2-4-8-20)33-23(15-28(30)31)21-9-5-6-10-22(21)32-16-18-11-13-19(25)14-12-18/h2-14,23H,15-16H2,1H3/t23-/m0/s1. The first-order valence-electron chi connectivity index (χ1n) is 10.2. The van der Waals surface area contributed by atoms with Gasteiger partial charge in [0.15, 0.2) is 5.16 Å². The smallest absolute Gasteiger partial charge is 0.220 e. The van der Waals surface area contributed by atoms with Gasteiger partial charge in [0.2, 0.25) is 6.54 Å². The first kappa shape index (κ1) is 22.5. The summed E-state index contributed by atoms with van der Waals surface area (Å²) in [5.41, 5.74) is 2.36. The van der Waals surface area contributed by atoms with Crippen molar-refractivity contribution < 1.29 is 14.1 Å². The summed E-state index contributed by atoms with van der Waals surface area (Å²) in [6.45, 7) is 1.74. The van der Waals surface area contributed by atoms with Crippen molar-refractivity contribution in [1.82, 2.24) is 14.8 Å². The number of nitrogens with zero attached hydrogens (tertiary/aromatic N) is 4. The second-order valence-electron chi connectivity index (χ2n) is 7.28. The normalized spacial score (nSPS) is 11.8. The molecule has 4 aromatic rings. The van der Waals surface area contributed by atoms with Gasteiger partial charge >= 0.3 is 0 Å². The van der Waals surface area contributed by atoms with E-state index in [0.29, 0.717) is 22.3 Å². The van der Waals surface area contributed by atoms with E-state index in [9.17, 15) is 14.5 Å². The lowest BCUT2D eigenvalue weighted by Gasteiger charge is -2.18. The van der Waals surface area contributed by atoms with E-state index in [0.717, 1.165) is 11.3 Å². The number of nitro groups is 1. The fraction of sp³-hybridized carbons (Fsp3) is 0.167. The molecule has 0 aliphatic carbocycles. The first-order valence-corrected chi connectivity index (χ1v) is 11.1. The molecule has 0 spiro atoms. The van der Waals surface area contributed by atoms with Gasteiger partial charge in [-0.1, -0.05) is 60.3 Å². The minimum absolute atomic E-state index is 0.215. The fourth-order valence-electron chi connectivity index (χ4n) is 3.38. The zero-order valence-electron chi connectivity index (χ0n) is 17.8. The number of aromatic nitrogens is 3. The number of aryl methyl sites for hydroxylation is 1. The van der Waals surface area contributed by atoms with E-state index in [2.05, 4.69) is 10.2 Å². The third-order valence-corrected chi connectivity index (χ3v) is 6.11. The van der Waals surface area contributed by atoms with Crippen molar-refractivity contribution in [3.63, 3.8) is 0 Å². The summed E-state index contributed by atoms with van der Waals surface area (Å²) in [5, 5.41) is 20.0. The van der Waals surface area contributed by atoms with Crippen LogP contribution in [0, 0.1) is 22.9 Å². The average molecular weight is 465 g/mol. The topological polar surface area (TPSA) is 83.1 Å². The van der Waals surface area contributed by atoms with Crippen LogP contribution in [0.25, 0.3) is 5.69 Å². The van der Waals surface area contributed by atoms with Gasteiger partial charge < -0.3 is 4.74 Å². The van der Waals surface area contributed by atoms with Crippen molar-refractivity contribution in [1.29, 1.82) is 0 Å². The maximum absolute atomic E-state index is 13.2. The number of benzene rings is 3. The Balaban J connectivity index is 1.63. The maximum Gasteiger partial charge on any atom is 0.220 e. The van der Waals surface area contributed by atoms with Crippen molar-refractivity contribution in [3.05, 3.63) is 112 Å². The minimum Gasteiger partial charge on any atom is -0.489 e. The Kier molecular flexibility index (Phi) is 6.99. The van der Waals surface area contributed by atoms with Gasteiger partial charge in [-0.25, -0.2) is 4.39 Å². The van der Waals surface area contributed by atoms with Crippen LogP contribution in [0.2, 0.25) is 0 Å². The summed E-state index contributed by atoms with van der Waals surface area (Å²) in [6, 6.07) is 22.9. The van der Waals surface area contributed by atoms with Gasteiger partial charge in [-0.05, 0) is 42.8 Å². The van der Waals surface area contributed by atoms with Crippen LogP contribution in [-0.4, -0.2) is 26.2 Å². The molecule has 0 aliphatic rings. The van der Waals surface area contributed by atoms with E-state index in [1.54, 1.807) is 18.2 Å². The summed E-state index contributed by atoms with van der Waals surface area (Å²) < 4.78 is 21.0. The summed E-state index contributed by atoms with van der Waals surface area (Å²) >= 11 is 1.27. The van der Waals surface area contributed by atoms with E-state index >= 15 is 0 Å². The Bertz CT molecular complexity index is 1230. The van der Waals surface area contributed by atoms with Gasteiger partial charge in [0, 0.05) is 16.2 Å². The molecular formula is C24H21FN4O3S. The third kappa shape index (κ3) is 5.56. The molecule has 1 heterocycles. The van der Waals surface area contributed by atoms with Crippen molar-refractivity contribution in [2.24, 2.45) is 0 Å². The fourth-order valence-corrected chi connectivity index (χ4v) is 4.58. The maximum atomic E-state index is 13.2. The van der Waals surface area contributed by atoms with Crippen LogP contribution in [0.15, 0.2) is 84.0 Å². The lowest BCUT2D eigenvalue weighted by Crippen LogP contribution is -2.12. The van der Waals surface area contributed by atoms with Crippen molar-refractivity contribution in [3.8, 4) is 11.4 Å². The Morgan fingerprint density at radius 2 is 1.73 bits per heavy atom. The predicted octanol–water partition coefficient (Wildman–Crippen LogP) is 5.40. The molecule has 0 fully saturated rings. The second kappa shape index (κ2) is 10.3. The summed E-state index contributed by atoms with van der Waals surface area (Å²) in [4.78, 5) is 11.2. The largest absolute Gasteiger partial charge is 0.489 e. The van der Waals surface area contributed by atoms with Crippen LogP contribution in [-0.2, 0) is 6.61 Å². The number of rotatable bonds is 9. The molecule has 0 amide bonds. The number of hydrogen-bond donors (Lipinski definition) is 0.